The molecule has 2 fully saturated rings. The highest BCUT2D eigenvalue weighted by Gasteiger charge is 2.34. The van der Waals surface area contributed by atoms with Gasteiger partial charge in [0.1, 0.15) is 6.10 Å². The van der Waals surface area contributed by atoms with Crippen LogP contribution in [0.3, 0.4) is 0 Å². The maximum atomic E-state index is 12.4. The van der Waals surface area contributed by atoms with Crippen molar-refractivity contribution in [3.05, 3.63) is 22.4 Å². The van der Waals surface area contributed by atoms with Crippen LogP contribution in [0.5, 0.6) is 0 Å². The van der Waals surface area contributed by atoms with Crippen LogP contribution in [0.25, 0.3) is 0 Å². The van der Waals surface area contributed by atoms with Gasteiger partial charge in [0.15, 0.2) is 0 Å². The van der Waals surface area contributed by atoms with E-state index >= 15 is 0 Å². The largest absolute Gasteiger partial charge is 0.364 e. The van der Waals surface area contributed by atoms with Crippen molar-refractivity contribution < 1.29 is 9.53 Å². The third kappa shape index (κ3) is 5.31. The number of rotatable bonds is 4. The number of carbonyl (C=O) groups is 1. The molecule has 0 unspecified atom stereocenters. The lowest BCUT2D eigenvalue weighted by Crippen LogP contribution is -2.51. The van der Waals surface area contributed by atoms with Gasteiger partial charge in [-0.15, -0.1) is 36.2 Å². The summed E-state index contributed by atoms with van der Waals surface area (Å²) in [4.78, 5) is 18.2. The maximum Gasteiger partial charge on any atom is 0.251 e. The topological polar surface area (TPSA) is 58.8 Å². The minimum absolute atomic E-state index is 0. The van der Waals surface area contributed by atoms with E-state index in [9.17, 15) is 4.79 Å². The van der Waals surface area contributed by atoms with Gasteiger partial charge in [-0.1, -0.05) is 6.07 Å². The molecule has 0 radical (unpaired) electrons. The summed E-state index contributed by atoms with van der Waals surface area (Å²) in [6, 6.07) is 4.26. The summed E-state index contributed by atoms with van der Waals surface area (Å²) in [6.45, 7) is 5.00. The van der Waals surface area contributed by atoms with Crippen molar-refractivity contribution in [2.45, 2.75) is 31.6 Å². The average Bonchev–Trinajstić information content (AvgIpc) is 3.18. The first kappa shape index (κ1) is 20.7. The lowest BCUT2D eigenvalue weighted by Gasteiger charge is -2.35. The minimum Gasteiger partial charge on any atom is -0.364 e. The Hall–Kier alpha value is -0.370. The Bertz CT molecular complexity index is 467. The summed E-state index contributed by atoms with van der Waals surface area (Å²) in [5.74, 6) is 0.154. The van der Waals surface area contributed by atoms with Gasteiger partial charge in [0.05, 0.1) is 6.10 Å². The van der Waals surface area contributed by atoms with Gasteiger partial charge < -0.3 is 15.4 Å². The fourth-order valence-corrected chi connectivity index (χ4v) is 3.76. The van der Waals surface area contributed by atoms with Crippen LogP contribution in [-0.2, 0) is 16.1 Å². The van der Waals surface area contributed by atoms with Crippen LogP contribution < -0.4 is 5.73 Å². The number of nitrogens with two attached hydrogens (primary N) is 1. The van der Waals surface area contributed by atoms with Gasteiger partial charge in [-0.05, 0) is 24.3 Å². The maximum absolute atomic E-state index is 12.4. The van der Waals surface area contributed by atoms with Crippen molar-refractivity contribution in [2.24, 2.45) is 5.73 Å². The van der Waals surface area contributed by atoms with Crippen LogP contribution in [0.1, 0.15) is 17.7 Å². The molecule has 132 valence electrons. The molecule has 0 bridgehead atoms. The van der Waals surface area contributed by atoms with E-state index in [-0.39, 0.29) is 42.9 Å². The van der Waals surface area contributed by atoms with Gasteiger partial charge >= 0.3 is 0 Å². The molecule has 0 aromatic carbocycles. The van der Waals surface area contributed by atoms with Gasteiger partial charge in [-0.25, -0.2) is 0 Å². The molecule has 0 spiro atoms. The Kier molecular flexibility index (Phi) is 8.82. The van der Waals surface area contributed by atoms with Gasteiger partial charge in [-0.3, -0.25) is 9.69 Å². The predicted octanol–water partition coefficient (Wildman–Crippen LogP) is 1.74. The Labute approximate surface area is 154 Å². The highest BCUT2D eigenvalue weighted by molar-refractivity contribution is 7.09. The summed E-state index contributed by atoms with van der Waals surface area (Å²) in [6.07, 6.45) is 1.53. The number of nitrogens with zero attached hydrogens (tertiary/aromatic N) is 2. The first-order valence-corrected chi connectivity index (χ1v) is 8.53. The van der Waals surface area contributed by atoms with E-state index in [1.165, 1.54) is 4.88 Å². The van der Waals surface area contributed by atoms with Gasteiger partial charge in [-0.2, -0.15) is 0 Å². The molecule has 2 aliphatic rings. The zero-order valence-corrected chi connectivity index (χ0v) is 15.5. The van der Waals surface area contributed by atoms with Crippen molar-refractivity contribution in [3.63, 3.8) is 0 Å². The number of piperazine rings is 1. The van der Waals surface area contributed by atoms with Crippen LogP contribution in [-0.4, -0.2) is 60.6 Å². The number of hydrogen-bond acceptors (Lipinski definition) is 5. The molecule has 2 saturated heterocycles. The molecular formula is C15H25Cl2N3O2S. The molecule has 2 atom stereocenters. The first-order valence-electron chi connectivity index (χ1n) is 7.65. The van der Waals surface area contributed by atoms with Crippen LogP contribution in [0.15, 0.2) is 17.5 Å². The molecule has 2 N–H and O–H groups in total. The number of hydrogen-bond donors (Lipinski definition) is 1. The van der Waals surface area contributed by atoms with E-state index < -0.39 is 0 Å². The first-order chi connectivity index (χ1) is 10.3. The summed E-state index contributed by atoms with van der Waals surface area (Å²) < 4.78 is 5.71. The minimum atomic E-state index is -0.262. The average molecular weight is 382 g/mol. The molecule has 1 aromatic heterocycles. The molecule has 3 heterocycles. The number of amides is 1. The Balaban J connectivity index is 0.00000132. The molecule has 5 nitrogen and oxygen atoms in total. The monoisotopic (exact) mass is 381 g/mol. The molecule has 8 heteroatoms. The normalized spacial score (nSPS) is 24.8. The highest BCUT2D eigenvalue weighted by atomic mass is 35.5. The molecule has 1 amide bonds. The molecular weight excluding hydrogens is 357 g/mol. The predicted molar refractivity (Wildman–Crippen MR) is 97.6 cm³/mol. The van der Waals surface area contributed by atoms with Crippen molar-refractivity contribution in [2.75, 3.05) is 32.7 Å². The number of ether oxygens (including phenoxy) is 1. The third-order valence-corrected chi connectivity index (χ3v) is 5.15. The second-order valence-electron chi connectivity index (χ2n) is 5.74. The fourth-order valence-electron chi connectivity index (χ4n) is 3.01. The van der Waals surface area contributed by atoms with E-state index in [0.717, 1.165) is 45.6 Å². The second-order valence-corrected chi connectivity index (χ2v) is 6.77. The quantitative estimate of drug-likeness (QED) is 0.862. The Morgan fingerprint density at radius 2 is 2.00 bits per heavy atom. The lowest BCUT2D eigenvalue weighted by atomic mass is 10.1. The zero-order valence-electron chi connectivity index (χ0n) is 13.1. The van der Waals surface area contributed by atoms with E-state index in [1.807, 2.05) is 4.90 Å². The van der Waals surface area contributed by atoms with E-state index in [1.54, 1.807) is 11.3 Å². The standard InChI is InChI=1S/C15H23N3O2S.2ClH/c16-10-12-3-4-14(20-12)15(19)18-7-5-17(6-8-18)11-13-2-1-9-21-13;;/h1-2,9,12,14H,3-8,10-11,16H2;2*1H/t12-,14+;;/m1../s1. The summed E-state index contributed by atoms with van der Waals surface area (Å²) in [5.41, 5.74) is 5.60. The third-order valence-electron chi connectivity index (χ3n) is 4.29. The van der Waals surface area contributed by atoms with Gasteiger partial charge in [0, 0.05) is 44.1 Å². The van der Waals surface area contributed by atoms with Crippen molar-refractivity contribution in [1.82, 2.24) is 9.80 Å². The summed E-state index contributed by atoms with van der Waals surface area (Å²) in [7, 11) is 0. The smallest absolute Gasteiger partial charge is 0.251 e. The second kappa shape index (κ2) is 9.81. The SMILES string of the molecule is Cl.Cl.NC[C@H]1CC[C@@H](C(=O)N2CCN(Cc3cccs3)CC2)O1. The molecule has 0 saturated carbocycles. The van der Waals surface area contributed by atoms with E-state index in [0.29, 0.717) is 6.54 Å². The summed E-state index contributed by atoms with van der Waals surface area (Å²) in [5, 5.41) is 2.11. The van der Waals surface area contributed by atoms with Crippen molar-refractivity contribution in [3.8, 4) is 0 Å². The van der Waals surface area contributed by atoms with Crippen LogP contribution in [0.4, 0.5) is 0 Å². The van der Waals surface area contributed by atoms with Crippen LogP contribution >= 0.6 is 36.2 Å². The molecule has 2 aliphatic heterocycles. The molecule has 3 rings (SSSR count). The molecule has 0 aliphatic carbocycles. The van der Waals surface area contributed by atoms with Gasteiger partial charge in [0.25, 0.3) is 5.91 Å². The zero-order chi connectivity index (χ0) is 14.7. The molecule has 1 aromatic rings. The number of thiophene rings is 1. The number of carbonyl (C=O) groups excluding carboxylic acids is 1. The van der Waals surface area contributed by atoms with Crippen molar-refractivity contribution in [1.29, 1.82) is 0 Å². The van der Waals surface area contributed by atoms with Crippen LogP contribution in [0.2, 0.25) is 0 Å². The van der Waals surface area contributed by atoms with Crippen molar-refractivity contribution >= 4 is 42.1 Å². The van der Waals surface area contributed by atoms with E-state index in [4.69, 9.17) is 10.5 Å². The van der Waals surface area contributed by atoms with E-state index in [2.05, 4.69) is 22.4 Å². The highest BCUT2D eigenvalue weighted by Crippen LogP contribution is 2.21. The fraction of sp³-hybridized carbons (Fsp3) is 0.667. The van der Waals surface area contributed by atoms with Gasteiger partial charge in [0.2, 0.25) is 0 Å². The Morgan fingerprint density at radius 1 is 1.26 bits per heavy atom. The lowest BCUT2D eigenvalue weighted by molar-refractivity contribution is -0.144. The summed E-state index contributed by atoms with van der Waals surface area (Å²) >= 11 is 1.79. The molecule has 23 heavy (non-hydrogen) atoms. The number of halogens is 2. The Morgan fingerprint density at radius 3 is 2.57 bits per heavy atom. The van der Waals surface area contributed by atoms with Crippen LogP contribution in [0, 0.1) is 0 Å².